The van der Waals surface area contributed by atoms with E-state index in [4.69, 9.17) is 16.3 Å². The van der Waals surface area contributed by atoms with Crippen LogP contribution in [-0.2, 0) is 4.79 Å². The summed E-state index contributed by atoms with van der Waals surface area (Å²) < 4.78 is 6.28. The summed E-state index contributed by atoms with van der Waals surface area (Å²) in [6.45, 7) is 1.76. The van der Waals surface area contributed by atoms with Gasteiger partial charge in [0, 0.05) is 15.1 Å². The monoisotopic (exact) mass is 380 g/mol. The number of benzene rings is 2. The molecule has 0 fully saturated rings. The average molecular weight is 382 g/mol. The summed E-state index contributed by atoms with van der Waals surface area (Å²) in [5.41, 5.74) is 4.18. The molecule has 0 aliphatic carbocycles. The van der Waals surface area contributed by atoms with Crippen LogP contribution in [0.3, 0.4) is 0 Å². The first-order valence-corrected chi connectivity index (χ1v) is 7.69. The smallest absolute Gasteiger partial charge is 0.277 e. The largest absolute Gasteiger partial charge is 0.484 e. The van der Waals surface area contributed by atoms with E-state index in [2.05, 4.69) is 26.5 Å². The Morgan fingerprint density at radius 2 is 2.14 bits per heavy atom. The van der Waals surface area contributed by atoms with E-state index in [1.807, 2.05) is 31.2 Å². The van der Waals surface area contributed by atoms with E-state index in [9.17, 15) is 4.79 Å². The van der Waals surface area contributed by atoms with Crippen LogP contribution in [0.15, 0.2) is 52.0 Å². The highest BCUT2D eigenvalue weighted by Crippen LogP contribution is 2.20. The molecule has 0 saturated carbocycles. The fraction of sp³-hybridized carbons (Fsp3) is 0.125. The first kappa shape index (κ1) is 16.5. The predicted octanol–water partition coefficient (Wildman–Crippen LogP) is 3.94. The number of carbonyl (C=O) groups is 1. The van der Waals surface area contributed by atoms with Gasteiger partial charge in [0.25, 0.3) is 5.91 Å². The highest BCUT2D eigenvalue weighted by Gasteiger charge is 2.03. The van der Waals surface area contributed by atoms with Crippen molar-refractivity contribution in [1.82, 2.24) is 5.43 Å². The van der Waals surface area contributed by atoms with Gasteiger partial charge in [0.05, 0.1) is 6.21 Å². The normalized spacial score (nSPS) is 10.7. The molecule has 0 atom stereocenters. The van der Waals surface area contributed by atoms with Crippen molar-refractivity contribution in [3.63, 3.8) is 0 Å². The van der Waals surface area contributed by atoms with Gasteiger partial charge in [0.15, 0.2) is 6.61 Å². The average Bonchev–Trinajstić information content (AvgIpc) is 2.50. The van der Waals surface area contributed by atoms with Crippen molar-refractivity contribution in [3.8, 4) is 5.75 Å². The minimum atomic E-state index is -0.337. The van der Waals surface area contributed by atoms with Gasteiger partial charge in [-0.25, -0.2) is 5.43 Å². The van der Waals surface area contributed by atoms with E-state index in [1.54, 1.807) is 24.4 Å². The first-order chi connectivity index (χ1) is 10.6. The molecule has 114 valence electrons. The van der Waals surface area contributed by atoms with Crippen molar-refractivity contribution in [2.45, 2.75) is 6.92 Å². The molecule has 0 radical (unpaired) electrons. The zero-order chi connectivity index (χ0) is 15.9. The second-order valence-corrected chi connectivity index (χ2v) is 5.78. The summed E-state index contributed by atoms with van der Waals surface area (Å²) in [6.07, 6.45) is 1.56. The van der Waals surface area contributed by atoms with Crippen LogP contribution in [0.25, 0.3) is 0 Å². The number of hydrogen-bond donors (Lipinski definition) is 1. The fourth-order valence-corrected chi connectivity index (χ4v) is 2.15. The van der Waals surface area contributed by atoms with Crippen LogP contribution in [0.4, 0.5) is 0 Å². The van der Waals surface area contributed by atoms with E-state index in [0.29, 0.717) is 10.8 Å². The van der Waals surface area contributed by atoms with Gasteiger partial charge in [-0.3, -0.25) is 4.79 Å². The molecule has 6 heteroatoms. The summed E-state index contributed by atoms with van der Waals surface area (Å²) >= 11 is 9.32. The van der Waals surface area contributed by atoms with Crippen LogP contribution in [0.2, 0.25) is 5.02 Å². The van der Waals surface area contributed by atoms with Gasteiger partial charge in [-0.2, -0.15) is 5.10 Å². The Labute approximate surface area is 142 Å². The molecule has 0 heterocycles. The summed E-state index contributed by atoms with van der Waals surface area (Å²) in [5, 5.41) is 4.55. The molecule has 0 aromatic heterocycles. The van der Waals surface area contributed by atoms with Crippen LogP contribution < -0.4 is 10.2 Å². The van der Waals surface area contributed by atoms with Gasteiger partial charge in [-0.15, -0.1) is 0 Å². The van der Waals surface area contributed by atoms with E-state index >= 15 is 0 Å². The lowest BCUT2D eigenvalue weighted by atomic mass is 10.2. The number of hydrogen-bond acceptors (Lipinski definition) is 3. The third-order valence-electron chi connectivity index (χ3n) is 2.80. The number of ether oxygens (including phenoxy) is 1. The van der Waals surface area contributed by atoms with Crippen LogP contribution >= 0.6 is 27.5 Å². The van der Waals surface area contributed by atoms with Crippen LogP contribution in [0, 0.1) is 6.92 Å². The van der Waals surface area contributed by atoms with Crippen molar-refractivity contribution in [2.75, 3.05) is 6.61 Å². The summed E-state index contributed by atoms with van der Waals surface area (Å²) in [5.74, 6) is 0.253. The van der Waals surface area contributed by atoms with Gasteiger partial charge in [-0.05, 0) is 36.8 Å². The molecule has 0 aliphatic rings. The molecule has 2 aromatic carbocycles. The number of amides is 1. The number of rotatable bonds is 5. The zero-order valence-electron chi connectivity index (χ0n) is 11.8. The Hall–Kier alpha value is -1.85. The second kappa shape index (κ2) is 7.96. The van der Waals surface area contributed by atoms with Crippen molar-refractivity contribution >= 4 is 39.7 Å². The Kier molecular flexibility index (Phi) is 5.98. The molecule has 4 nitrogen and oxygen atoms in total. The minimum Gasteiger partial charge on any atom is -0.484 e. The van der Waals surface area contributed by atoms with Crippen molar-refractivity contribution in [1.29, 1.82) is 0 Å². The molecule has 2 rings (SSSR count). The lowest BCUT2D eigenvalue weighted by Gasteiger charge is -2.06. The number of carbonyl (C=O) groups excluding carboxylic acids is 1. The Morgan fingerprint density at radius 3 is 2.86 bits per heavy atom. The van der Waals surface area contributed by atoms with Gasteiger partial charge < -0.3 is 4.74 Å². The molecule has 0 saturated heterocycles. The maximum atomic E-state index is 11.7. The molecular weight excluding hydrogens is 368 g/mol. The number of nitrogens with one attached hydrogen (secondary N) is 1. The molecule has 0 bridgehead atoms. The van der Waals surface area contributed by atoms with Crippen molar-refractivity contribution in [2.24, 2.45) is 5.10 Å². The first-order valence-electron chi connectivity index (χ1n) is 6.51. The van der Waals surface area contributed by atoms with Crippen molar-refractivity contribution in [3.05, 3.63) is 63.1 Å². The van der Waals surface area contributed by atoms with Crippen LogP contribution in [0.1, 0.15) is 11.1 Å². The zero-order valence-corrected chi connectivity index (χ0v) is 14.2. The van der Waals surface area contributed by atoms with Crippen LogP contribution in [0.5, 0.6) is 5.75 Å². The summed E-state index contributed by atoms with van der Waals surface area (Å²) in [7, 11) is 0. The predicted molar refractivity (Wildman–Crippen MR) is 91.6 cm³/mol. The number of aryl methyl sites for hydroxylation is 1. The molecular formula is C16H14BrClN2O2. The van der Waals surface area contributed by atoms with Gasteiger partial charge >= 0.3 is 0 Å². The van der Waals surface area contributed by atoms with Gasteiger partial charge in [-0.1, -0.05) is 45.7 Å². The molecule has 22 heavy (non-hydrogen) atoms. The third kappa shape index (κ3) is 4.86. The summed E-state index contributed by atoms with van der Waals surface area (Å²) in [4.78, 5) is 11.7. The van der Waals surface area contributed by atoms with E-state index in [1.165, 1.54) is 0 Å². The highest BCUT2D eigenvalue weighted by molar-refractivity contribution is 9.10. The standard InChI is InChI=1S/C16H14BrClN2O2/c1-11-8-13(6-7-15(11)18)22-10-16(21)20-19-9-12-4-2-3-5-14(12)17/h2-9H,10H2,1H3,(H,20,21)/b19-9-. The Bertz CT molecular complexity index is 704. The molecule has 1 N–H and O–H groups in total. The highest BCUT2D eigenvalue weighted by atomic mass is 79.9. The fourth-order valence-electron chi connectivity index (χ4n) is 1.64. The number of halogens is 2. The second-order valence-electron chi connectivity index (χ2n) is 4.51. The maximum Gasteiger partial charge on any atom is 0.277 e. The number of hydrazone groups is 1. The molecule has 0 unspecified atom stereocenters. The summed E-state index contributed by atoms with van der Waals surface area (Å²) in [6, 6.07) is 12.8. The molecule has 1 amide bonds. The molecule has 2 aromatic rings. The van der Waals surface area contributed by atoms with Crippen LogP contribution in [-0.4, -0.2) is 18.7 Å². The van der Waals surface area contributed by atoms with E-state index < -0.39 is 0 Å². The number of nitrogens with zero attached hydrogens (tertiary/aromatic N) is 1. The lowest BCUT2D eigenvalue weighted by molar-refractivity contribution is -0.123. The van der Waals surface area contributed by atoms with Gasteiger partial charge in [0.2, 0.25) is 0 Å². The van der Waals surface area contributed by atoms with Crippen molar-refractivity contribution < 1.29 is 9.53 Å². The molecule has 0 spiro atoms. The molecule has 0 aliphatic heterocycles. The Balaban J connectivity index is 1.83. The maximum absolute atomic E-state index is 11.7. The quantitative estimate of drug-likeness (QED) is 0.630. The topological polar surface area (TPSA) is 50.7 Å². The lowest BCUT2D eigenvalue weighted by Crippen LogP contribution is -2.24. The third-order valence-corrected chi connectivity index (χ3v) is 3.94. The SMILES string of the molecule is Cc1cc(OCC(=O)N/N=C\c2ccccc2Br)ccc1Cl. The van der Waals surface area contributed by atoms with E-state index in [-0.39, 0.29) is 12.5 Å². The van der Waals surface area contributed by atoms with E-state index in [0.717, 1.165) is 15.6 Å². The van der Waals surface area contributed by atoms with Gasteiger partial charge in [0.1, 0.15) is 5.75 Å². The Morgan fingerprint density at radius 1 is 1.36 bits per heavy atom. The minimum absolute atomic E-state index is 0.117.